The molecule has 1 unspecified atom stereocenters. The monoisotopic (exact) mass is 218 g/mol. The summed E-state index contributed by atoms with van der Waals surface area (Å²) >= 11 is 0. The zero-order valence-corrected chi connectivity index (χ0v) is 9.21. The lowest BCUT2D eigenvalue weighted by Crippen LogP contribution is -2.64. The van der Waals surface area contributed by atoms with E-state index in [1.54, 1.807) is 0 Å². The van der Waals surface area contributed by atoms with E-state index in [0.717, 1.165) is 19.4 Å². The third kappa shape index (κ3) is 2.89. The fourth-order valence-electron chi connectivity index (χ4n) is 2.05. The van der Waals surface area contributed by atoms with Gasteiger partial charge in [-0.2, -0.15) is 0 Å². The van der Waals surface area contributed by atoms with Gasteiger partial charge < -0.3 is 21.1 Å². The van der Waals surface area contributed by atoms with Crippen molar-refractivity contribution in [1.82, 2.24) is 4.90 Å². The quantitative estimate of drug-likeness (QED) is 0.462. The summed E-state index contributed by atoms with van der Waals surface area (Å²) in [6.07, 6.45) is 0.185. The van der Waals surface area contributed by atoms with Crippen molar-refractivity contribution in [3.8, 4) is 0 Å². The first-order chi connectivity index (χ1) is 7.11. The minimum absolute atomic E-state index is 0.144. The van der Waals surface area contributed by atoms with E-state index in [0.29, 0.717) is 6.54 Å². The summed E-state index contributed by atoms with van der Waals surface area (Å²) in [4.78, 5) is 1.96. The third-order valence-corrected chi connectivity index (χ3v) is 3.08. The number of aliphatic hydroxyl groups excluding tert-OH is 3. The molecule has 4 atom stereocenters. The number of unbranched alkanes of at least 4 members (excludes halogenated alkanes) is 1. The highest BCUT2D eigenvalue weighted by molar-refractivity contribution is 4.95. The number of nitrogens with two attached hydrogens (primary N) is 1. The Kier molecular flexibility index (Phi) is 4.95. The Balaban J connectivity index is 2.60. The van der Waals surface area contributed by atoms with Crippen molar-refractivity contribution >= 4 is 0 Å². The molecule has 0 radical (unpaired) electrons. The van der Waals surface area contributed by atoms with Crippen LogP contribution in [-0.4, -0.2) is 64.2 Å². The molecule has 1 saturated heterocycles. The number of piperidine rings is 1. The van der Waals surface area contributed by atoms with E-state index in [1.165, 1.54) is 0 Å². The van der Waals surface area contributed by atoms with Gasteiger partial charge in [-0.15, -0.1) is 0 Å². The molecule has 0 aromatic heterocycles. The van der Waals surface area contributed by atoms with Gasteiger partial charge in [-0.3, -0.25) is 4.90 Å². The van der Waals surface area contributed by atoms with E-state index >= 15 is 0 Å². The Morgan fingerprint density at radius 2 is 2.00 bits per heavy atom. The molecule has 1 heterocycles. The topological polar surface area (TPSA) is 90.0 Å². The standard InChI is InChI=1S/C10H22N2O3/c1-2-3-4-12-5-7(11)9(14)10(15)8(12)6-13/h7-10,13-15H,2-6,11H2,1H3/t7-,8?,9+,10+/m0/s1. The van der Waals surface area contributed by atoms with Gasteiger partial charge in [0.2, 0.25) is 0 Å². The molecule has 1 rings (SSSR count). The molecule has 0 aromatic rings. The second kappa shape index (κ2) is 5.77. The van der Waals surface area contributed by atoms with Crippen molar-refractivity contribution in [2.45, 2.75) is 44.1 Å². The summed E-state index contributed by atoms with van der Waals surface area (Å²) in [7, 11) is 0. The maximum absolute atomic E-state index is 9.75. The smallest absolute Gasteiger partial charge is 0.0991 e. The second-order valence-electron chi connectivity index (χ2n) is 4.24. The summed E-state index contributed by atoms with van der Waals surface area (Å²) in [5, 5.41) is 28.5. The maximum Gasteiger partial charge on any atom is 0.0991 e. The summed E-state index contributed by atoms with van der Waals surface area (Å²) in [5.41, 5.74) is 5.71. The predicted octanol–water partition coefficient (Wildman–Crippen LogP) is -1.49. The molecule has 5 N–H and O–H groups in total. The molecule has 1 fully saturated rings. The van der Waals surface area contributed by atoms with Gasteiger partial charge in [0.25, 0.3) is 0 Å². The molecule has 90 valence electrons. The fourth-order valence-corrected chi connectivity index (χ4v) is 2.05. The lowest BCUT2D eigenvalue weighted by molar-refractivity contribution is -0.0988. The third-order valence-electron chi connectivity index (χ3n) is 3.08. The first-order valence-electron chi connectivity index (χ1n) is 5.58. The summed E-state index contributed by atoms with van der Waals surface area (Å²) < 4.78 is 0. The largest absolute Gasteiger partial charge is 0.395 e. The number of likely N-dealkylation sites (tertiary alicyclic amines) is 1. The molecule has 0 saturated carbocycles. The van der Waals surface area contributed by atoms with Crippen molar-refractivity contribution in [2.75, 3.05) is 19.7 Å². The van der Waals surface area contributed by atoms with Crippen LogP contribution in [0.2, 0.25) is 0 Å². The van der Waals surface area contributed by atoms with Crippen LogP contribution in [0.25, 0.3) is 0 Å². The van der Waals surface area contributed by atoms with Crippen LogP contribution in [0.5, 0.6) is 0 Å². The van der Waals surface area contributed by atoms with Gasteiger partial charge in [-0.25, -0.2) is 0 Å². The van der Waals surface area contributed by atoms with Gasteiger partial charge >= 0.3 is 0 Å². The highest BCUT2D eigenvalue weighted by Gasteiger charge is 2.39. The van der Waals surface area contributed by atoms with Crippen molar-refractivity contribution in [1.29, 1.82) is 0 Å². The highest BCUT2D eigenvalue weighted by Crippen LogP contribution is 2.18. The van der Waals surface area contributed by atoms with E-state index in [4.69, 9.17) is 5.73 Å². The van der Waals surface area contributed by atoms with Gasteiger partial charge in [-0.05, 0) is 13.0 Å². The number of rotatable bonds is 4. The van der Waals surface area contributed by atoms with Crippen LogP contribution in [0, 0.1) is 0 Å². The molecular formula is C10H22N2O3. The van der Waals surface area contributed by atoms with E-state index in [2.05, 4.69) is 6.92 Å². The Morgan fingerprint density at radius 3 is 2.53 bits per heavy atom. The molecule has 0 spiro atoms. The molecule has 5 heteroatoms. The van der Waals surface area contributed by atoms with Crippen LogP contribution in [0.1, 0.15) is 19.8 Å². The SMILES string of the molecule is CCCCN1C[C@H](N)[C@@H](O)[C@H](O)C1CO. The van der Waals surface area contributed by atoms with Crippen LogP contribution in [0.3, 0.4) is 0 Å². The molecule has 0 aromatic carbocycles. The number of hydrogen-bond donors (Lipinski definition) is 4. The first kappa shape index (κ1) is 12.9. The number of hydrogen-bond acceptors (Lipinski definition) is 5. The average molecular weight is 218 g/mol. The van der Waals surface area contributed by atoms with Crippen molar-refractivity contribution < 1.29 is 15.3 Å². The lowest BCUT2D eigenvalue weighted by atomic mass is 9.93. The average Bonchev–Trinajstić information content (AvgIpc) is 2.23. The first-order valence-corrected chi connectivity index (χ1v) is 5.58. The van der Waals surface area contributed by atoms with Gasteiger partial charge in [0.05, 0.1) is 24.9 Å². The fraction of sp³-hybridized carbons (Fsp3) is 1.00. The van der Waals surface area contributed by atoms with Crippen LogP contribution < -0.4 is 5.73 Å². The van der Waals surface area contributed by atoms with Crippen LogP contribution in [0.4, 0.5) is 0 Å². The molecule has 15 heavy (non-hydrogen) atoms. The Hall–Kier alpha value is -0.200. The number of aliphatic hydroxyl groups is 3. The van der Waals surface area contributed by atoms with E-state index in [1.807, 2.05) is 4.90 Å². The molecule has 0 amide bonds. The lowest BCUT2D eigenvalue weighted by Gasteiger charge is -2.43. The Morgan fingerprint density at radius 1 is 1.33 bits per heavy atom. The predicted molar refractivity (Wildman–Crippen MR) is 57.3 cm³/mol. The van der Waals surface area contributed by atoms with E-state index in [9.17, 15) is 15.3 Å². The Bertz CT molecular complexity index is 192. The van der Waals surface area contributed by atoms with Crippen molar-refractivity contribution in [3.05, 3.63) is 0 Å². The van der Waals surface area contributed by atoms with Crippen molar-refractivity contribution in [3.63, 3.8) is 0 Å². The summed E-state index contributed by atoms with van der Waals surface area (Å²) in [6, 6.07) is -0.814. The normalized spacial score (nSPS) is 38.2. The highest BCUT2D eigenvalue weighted by atomic mass is 16.3. The molecule has 1 aliphatic rings. The summed E-state index contributed by atoms with van der Waals surface area (Å²) in [5.74, 6) is 0. The number of nitrogens with zero attached hydrogens (tertiary/aromatic N) is 1. The Labute approximate surface area is 90.5 Å². The zero-order chi connectivity index (χ0) is 11.4. The van der Waals surface area contributed by atoms with Gasteiger partial charge in [0, 0.05) is 12.6 Å². The van der Waals surface area contributed by atoms with Crippen LogP contribution in [0.15, 0.2) is 0 Å². The second-order valence-corrected chi connectivity index (χ2v) is 4.24. The molecule has 0 bridgehead atoms. The van der Waals surface area contributed by atoms with E-state index in [-0.39, 0.29) is 12.6 Å². The minimum Gasteiger partial charge on any atom is -0.395 e. The zero-order valence-electron chi connectivity index (χ0n) is 9.21. The molecule has 0 aliphatic carbocycles. The van der Waals surface area contributed by atoms with Gasteiger partial charge in [0.1, 0.15) is 0 Å². The molecular weight excluding hydrogens is 196 g/mol. The minimum atomic E-state index is -0.949. The molecule has 1 aliphatic heterocycles. The maximum atomic E-state index is 9.75. The van der Waals surface area contributed by atoms with Crippen LogP contribution in [-0.2, 0) is 0 Å². The van der Waals surface area contributed by atoms with Crippen LogP contribution >= 0.6 is 0 Å². The van der Waals surface area contributed by atoms with E-state index < -0.39 is 18.2 Å². The van der Waals surface area contributed by atoms with Gasteiger partial charge in [0.15, 0.2) is 0 Å². The molecule has 5 nitrogen and oxygen atoms in total. The summed E-state index contributed by atoms with van der Waals surface area (Å²) in [6.45, 7) is 3.28. The van der Waals surface area contributed by atoms with Gasteiger partial charge in [-0.1, -0.05) is 13.3 Å². The van der Waals surface area contributed by atoms with Crippen molar-refractivity contribution in [2.24, 2.45) is 5.73 Å².